The fourth-order valence-electron chi connectivity index (χ4n) is 1.99. The van der Waals surface area contributed by atoms with Gasteiger partial charge in [-0.2, -0.15) is 0 Å². The third-order valence-corrected chi connectivity index (χ3v) is 4.11. The summed E-state index contributed by atoms with van der Waals surface area (Å²) in [5.41, 5.74) is 1.87. The van der Waals surface area contributed by atoms with Gasteiger partial charge < -0.3 is 0 Å². The van der Waals surface area contributed by atoms with E-state index in [9.17, 15) is 0 Å². The number of rotatable bonds is 6. The molecular weight excluding hydrogens is 284 g/mol. The molecule has 21 heavy (non-hydrogen) atoms. The summed E-state index contributed by atoms with van der Waals surface area (Å²) in [4.78, 5) is 0. The van der Waals surface area contributed by atoms with Crippen LogP contribution < -0.4 is 0 Å². The highest BCUT2D eigenvalue weighted by Gasteiger charge is 2.12. The molecule has 0 radical (unpaired) electrons. The third kappa shape index (κ3) is 2.97. The van der Waals surface area contributed by atoms with Gasteiger partial charge in [0.25, 0.3) is 0 Å². The summed E-state index contributed by atoms with van der Waals surface area (Å²) in [6, 6.07) is 7.96. The molecule has 7 heteroatoms. The van der Waals surface area contributed by atoms with Crippen molar-refractivity contribution in [2.24, 2.45) is 0 Å². The quantitative estimate of drug-likeness (QED) is 0.517. The molecule has 6 nitrogen and oxygen atoms in total. The summed E-state index contributed by atoms with van der Waals surface area (Å²) in [5.74, 6) is 1.06. The van der Waals surface area contributed by atoms with E-state index >= 15 is 0 Å². The van der Waals surface area contributed by atoms with E-state index in [1.165, 1.54) is 12.8 Å². The molecule has 0 saturated heterocycles. The summed E-state index contributed by atoms with van der Waals surface area (Å²) < 4.78 is 3.59. The zero-order chi connectivity index (χ0) is 14.5. The van der Waals surface area contributed by atoms with E-state index in [-0.39, 0.29) is 0 Å². The number of para-hydroxylation sites is 2. The molecule has 0 aliphatic heterocycles. The van der Waals surface area contributed by atoms with Crippen molar-refractivity contribution >= 4 is 11.8 Å². The van der Waals surface area contributed by atoms with Crippen LogP contribution in [-0.4, -0.2) is 35.7 Å². The van der Waals surface area contributed by atoms with Crippen LogP contribution in [0.25, 0.3) is 11.4 Å². The Morgan fingerprint density at radius 1 is 1.10 bits per heavy atom. The summed E-state index contributed by atoms with van der Waals surface area (Å²) >= 11 is 1.77. The van der Waals surface area contributed by atoms with Crippen LogP contribution in [0.4, 0.5) is 0 Å². The molecule has 0 saturated carbocycles. The van der Waals surface area contributed by atoms with Crippen molar-refractivity contribution in [1.29, 1.82) is 0 Å². The van der Waals surface area contributed by atoms with Gasteiger partial charge in [0.05, 0.1) is 30.0 Å². The Bertz CT molecular complexity index is 691. The van der Waals surface area contributed by atoms with Crippen LogP contribution >= 0.6 is 11.8 Å². The molecule has 0 N–H and O–H groups in total. The van der Waals surface area contributed by atoms with Gasteiger partial charge in [-0.25, -0.2) is 9.36 Å². The Hall–Kier alpha value is -2.15. The molecule has 0 aliphatic rings. The first-order chi connectivity index (χ1) is 10.4. The van der Waals surface area contributed by atoms with Gasteiger partial charge in [-0.05, 0) is 24.3 Å². The molecule has 108 valence electrons. The van der Waals surface area contributed by atoms with E-state index in [0.29, 0.717) is 0 Å². The number of unbranched alkanes of at least 4 members (excludes halogenated alkanes) is 1. The van der Waals surface area contributed by atoms with E-state index in [4.69, 9.17) is 0 Å². The maximum absolute atomic E-state index is 4.22. The molecule has 0 fully saturated rings. The Labute approximate surface area is 127 Å². The molecule has 0 bridgehead atoms. The molecule has 3 rings (SSSR count). The molecular formula is C14H16N6S. The van der Waals surface area contributed by atoms with Crippen LogP contribution in [0.15, 0.2) is 47.9 Å². The number of nitrogens with zero attached hydrogens (tertiary/aromatic N) is 6. The zero-order valence-corrected chi connectivity index (χ0v) is 12.6. The van der Waals surface area contributed by atoms with Crippen LogP contribution in [0.3, 0.4) is 0 Å². The molecule has 2 aromatic heterocycles. The molecule has 3 aromatic rings. The topological polar surface area (TPSA) is 61.4 Å². The summed E-state index contributed by atoms with van der Waals surface area (Å²) in [7, 11) is 0. The number of benzene rings is 1. The van der Waals surface area contributed by atoms with Crippen LogP contribution in [0, 0.1) is 0 Å². The van der Waals surface area contributed by atoms with Crippen LogP contribution in [0.1, 0.15) is 19.8 Å². The molecule has 0 unspecified atom stereocenters. The first kappa shape index (κ1) is 13.8. The minimum absolute atomic E-state index is 0.929. The van der Waals surface area contributed by atoms with E-state index in [2.05, 4.69) is 27.5 Å². The zero-order valence-electron chi connectivity index (χ0n) is 11.8. The first-order valence-corrected chi connectivity index (χ1v) is 7.88. The van der Waals surface area contributed by atoms with Crippen molar-refractivity contribution in [1.82, 2.24) is 30.0 Å². The highest BCUT2D eigenvalue weighted by atomic mass is 32.2. The van der Waals surface area contributed by atoms with Crippen LogP contribution in [0.5, 0.6) is 0 Å². The fraction of sp³-hybridized carbons (Fsp3) is 0.286. The Morgan fingerprint density at radius 2 is 1.95 bits per heavy atom. The van der Waals surface area contributed by atoms with E-state index in [1.54, 1.807) is 28.8 Å². The number of hydrogen-bond acceptors (Lipinski definition) is 5. The van der Waals surface area contributed by atoms with Gasteiger partial charge in [-0.15, -0.1) is 22.0 Å². The van der Waals surface area contributed by atoms with Crippen LogP contribution in [-0.2, 0) is 0 Å². The van der Waals surface area contributed by atoms with E-state index < -0.39 is 0 Å². The van der Waals surface area contributed by atoms with Gasteiger partial charge in [-0.1, -0.05) is 35.9 Å². The Balaban J connectivity index is 1.96. The lowest BCUT2D eigenvalue weighted by Crippen LogP contribution is -2.06. The summed E-state index contributed by atoms with van der Waals surface area (Å²) in [6.07, 6.45) is 7.65. The van der Waals surface area contributed by atoms with Crippen LogP contribution in [0.2, 0.25) is 0 Å². The highest BCUT2D eigenvalue weighted by Crippen LogP contribution is 2.24. The van der Waals surface area contributed by atoms with Crippen molar-refractivity contribution < 1.29 is 0 Å². The van der Waals surface area contributed by atoms with Gasteiger partial charge >= 0.3 is 0 Å². The largest absolute Gasteiger partial charge is 0.219 e. The minimum atomic E-state index is 0.929. The highest BCUT2D eigenvalue weighted by molar-refractivity contribution is 7.99. The Kier molecular flexibility index (Phi) is 4.30. The number of thioether (sulfide) groups is 1. The second-order valence-electron chi connectivity index (χ2n) is 4.52. The molecule has 0 atom stereocenters. The maximum atomic E-state index is 4.22. The van der Waals surface area contributed by atoms with Gasteiger partial charge in [0, 0.05) is 0 Å². The van der Waals surface area contributed by atoms with Crippen molar-refractivity contribution in [2.45, 2.75) is 24.8 Å². The predicted molar refractivity (Wildman–Crippen MR) is 81.9 cm³/mol. The fourth-order valence-corrected chi connectivity index (χ4v) is 3.01. The second kappa shape index (κ2) is 6.53. The average Bonchev–Trinajstić information content (AvgIpc) is 3.19. The van der Waals surface area contributed by atoms with Crippen molar-refractivity contribution in [3.8, 4) is 11.4 Å². The standard InChI is InChI=1S/C14H16N6S/c1-2-3-10-21-14-11-16-18-20(14)13-7-5-4-6-12(13)19-9-8-15-17-19/h4-9,11H,2-3,10H2,1H3. The second-order valence-corrected chi connectivity index (χ2v) is 5.64. The van der Waals surface area contributed by atoms with Crippen molar-refractivity contribution in [2.75, 3.05) is 5.75 Å². The van der Waals surface area contributed by atoms with Gasteiger partial charge in [0.15, 0.2) is 0 Å². The molecule has 0 spiro atoms. The predicted octanol–water partition coefficient (Wildman–Crippen LogP) is 2.74. The van der Waals surface area contributed by atoms with Crippen molar-refractivity contribution in [3.63, 3.8) is 0 Å². The average molecular weight is 300 g/mol. The lowest BCUT2D eigenvalue weighted by Gasteiger charge is -2.10. The molecule has 2 heterocycles. The van der Waals surface area contributed by atoms with E-state index in [1.807, 2.05) is 35.1 Å². The summed E-state index contributed by atoms with van der Waals surface area (Å²) in [6.45, 7) is 2.19. The normalized spacial score (nSPS) is 10.9. The molecule has 0 aliphatic carbocycles. The number of hydrogen-bond donors (Lipinski definition) is 0. The van der Waals surface area contributed by atoms with Gasteiger partial charge in [0.2, 0.25) is 0 Å². The first-order valence-electron chi connectivity index (χ1n) is 6.89. The number of aromatic nitrogens is 6. The molecule has 0 amide bonds. The minimum Gasteiger partial charge on any atom is -0.219 e. The van der Waals surface area contributed by atoms with Gasteiger partial charge in [-0.3, -0.25) is 0 Å². The van der Waals surface area contributed by atoms with Gasteiger partial charge in [0.1, 0.15) is 5.03 Å². The maximum Gasteiger partial charge on any atom is 0.120 e. The SMILES string of the molecule is CCCCSc1cnnn1-c1ccccc1-n1ccnn1. The summed E-state index contributed by atoms with van der Waals surface area (Å²) in [5, 5.41) is 17.2. The molecule has 1 aromatic carbocycles. The lowest BCUT2D eigenvalue weighted by atomic mass is 10.2. The monoisotopic (exact) mass is 300 g/mol. The van der Waals surface area contributed by atoms with E-state index in [0.717, 1.165) is 22.2 Å². The Morgan fingerprint density at radius 3 is 2.71 bits per heavy atom. The lowest BCUT2D eigenvalue weighted by molar-refractivity contribution is 0.731. The van der Waals surface area contributed by atoms with Crippen molar-refractivity contribution in [3.05, 3.63) is 42.9 Å². The third-order valence-electron chi connectivity index (χ3n) is 3.05. The smallest absolute Gasteiger partial charge is 0.120 e.